The third-order valence-corrected chi connectivity index (χ3v) is 7.54. The zero-order valence-corrected chi connectivity index (χ0v) is 19.1. The highest BCUT2D eigenvalue weighted by Gasteiger charge is 2.74. The molecule has 2 heterocycles. The number of aryl methyl sites for hydroxylation is 1. The van der Waals surface area contributed by atoms with Gasteiger partial charge in [0.15, 0.2) is 0 Å². The van der Waals surface area contributed by atoms with Gasteiger partial charge in [0, 0.05) is 16.1 Å². The Morgan fingerprint density at radius 3 is 2.11 bits per heavy atom. The quantitative estimate of drug-likeness (QED) is 0.391. The number of anilines is 1. The van der Waals surface area contributed by atoms with Crippen LogP contribution in [0, 0.1) is 24.6 Å². The Morgan fingerprint density at radius 1 is 0.886 bits per heavy atom. The van der Waals surface area contributed by atoms with Gasteiger partial charge in [-0.2, -0.15) is 0 Å². The van der Waals surface area contributed by atoms with E-state index in [4.69, 9.17) is 16.3 Å². The van der Waals surface area contributed by atoms with Crippen molar-refractivity contribution in [2.75, 3.05) is 4.90 Å². The molecule has 2 aliphatic heterocycles. The number of amides is 2. The molecule has 0 unspecified atom stereocenters. The van der Waals surface area contributed by atoms with E-state index in [1.807, 2.05) is 0 Å². The molecule has 1 spiro atoms. The average molecular weight is 490 g/mol. The summed E-state index contributed by atoms with van der Waals surface area (Å²) in [5.41, 5.74) is -0.492. The fraction of sp³-hybridized carbons (Fsp3) is 0.185. The topological polar surface area (TPSA) is 80.8 Å². The molecule has 0 N–H and O–H groups in total. The number of ketones is 2. The van der Waals surface area contributed by atoms with E-state index in [0.717, 1.165) is 10.5 Å². The monoisotopic (exact) mass is 489 g/mol. The first kappa shape index (κ1) is 21.8. The van der Waals surface area contributed by atoms with Crippen molar-refractivity contribution in [3.63, 3.8) is 0 Å². The largest absolute Gasteiger partial charge is 0.349 e. The van der Waals surface area contributed by atoms with Gasteiger partial charge in [-0.1, -0.05) is 54.1 Å². The zero-order valence-electron chi connectivity index (χ0n) is 18.3. The Bertz CT molecular complexity index is 1430. The van der Waals surface area contributed by atoms with Crippen molar-refractivity contribution < 1.29 is 28.3 Å². The van der Waals surface area contributed by atoms with Crippen molar-refractivity contribution in [2.45, 2.75) is 18.6 Å². The summed E-state index contributed by atoms with van der Waals surface area (Å²) < 4.78 is 19.8. The lowest BCUT2D eigenvalue weighted by molar-refractivity contribution is -0.127. The van der Waals surface area contributed by atoms with Gasteiger partial charge < -0.3 is 4.74 Å². The van der Waals surface area contributed by atoms with E-state index in [1.54, 1.807) is 31.2 Å². The molecule has 3 atom stereocenters. The van der Waals surface area contributed by atoms with Crippen LogP contribution in [-0.4, -0.2) is 29.0 Å². The number of imide groups is 1. The number of halogens is 2. The molecule has 2 saturated heterocycles. The van der Waals surface area contributed by atoms with Crippen LogP contribution in [0.2, 0.25) is 5.02 Å². The number of Topliss-reactive ketones (excluding diaryl/α,β-unsaturated/α-hetero) is 2. The minimum Gasteiger partial charge on any atom is -0.349 e. The number of ether oxygens (including phenoxy) is 1. The molecule has 8 heteroatoms. The molecular weight excluding hydrogens is 473 g/mol. The van der Waals surface area contributed by atoms with Crippen molar-refractivity contribution in [3.8, 4) is 0 Å². The summed E-state index contributed by atoms with van der Waals surface area (Å²) in [7, 11) is 0. The molecule has 6 nitrogen and oxygen atoms in total. The first-order chi connectivity index (χ1) is 16.8. The summed E-state index contributed by atoms with van der Waals surface area (Å²) in [5.74, 6) is -5.65. The third kappa shape index (κ3) is 2.79. The van der Waals surface area contributed by atoms with Crippen LogP contribution in [0.3, 0.4) is 0 Å². The summed E-state index contributed by atoms with van der Waals surface area (Å²) >= 11 is 6.26. The summed E-state index contributed by atoms with van der Waals surface area (Å²) in [5, 5.41) is 0.363. The average Bonchev–Trinajstić information content (AvgIpc) is 3.41. The normalized spacial score (nSPS) is 24.4. The predicted molar refractivity (Wildman–Crippen MR) is 124 cm³/mol. The lowest BCUT2D eigenvalue weighted by Gasteiger charge is -2.27. The minimum atomic E-state index is -2.18. The van der Waals surface area contributed by atoms with Crippen LogP contribution in [0.1, 0.15) is 37.9 Å². The lowest BCUT2D eigenvalue weighted by Crippen LogP contribution is -2.51. The molecule has 3 aromatic rings. The highest BCUT2D eigenvalue weighted by Crippen LogP contribution is 2.57. The van der Waals surface area contributed by atoms with Crippen LogP contribution in [0.25, 0.3) is 0 Å². The van der Waals surface area contributed by atoms with Crippen LogP contribution in [-0.2, 0) is 14.3 Å². The van der Waals surface area contributed by atoms with Crippen LogP contribution < -0.4 is 4.90 Å². The number of carbonyl (C=O) groups excluding carboxylic acids is 4. The maximum atomic E-state index is 13.8. The number of hydrogen-bond donors (Lipinski definition) is 0. The van der Waals surface area contributed by atoms with Crippen LogP contribution in [0.5, 0.6) is 0 Å². The molecule has 6 rings (SSSR count). The van der Waals surface area contributed by atoms with E-state index in [-0.39, 0.29) is 16.8 Å². The van der Waals surface area contributed by atoms with Gasteiger partial charge in [-0.15, -0.1) is 0 Å². The summed E-state index contributed by atoms with van der Waals surface area (Å²) in [6.07, 6.45) is -1.11. The van der Waals surface area contributed by atoms with Crippen molar-refractivity contribution in [1.29, 1.82) is 0 Å². The number of hydrogen-bond acceptors (Lipinski definition) is 5. The Hall–Kier alpha value is -3.68. The maximum absolute atomic E-state index is 13.8. The van der Waals surface area contributed by atoms with Gasteiger partial charge in [0.25, 0.3) is 0 Å². The van der Waals surface area contributed by atoms with Crippen molar-refractivity contribution in [3.05, 3.63) is 99.8 Å². The number of carbonyl (C=O) groups is 4. The van der Waals surface area contributed by atoms with Gasteiger partial charge in [-0.25, -0.2) is 9.29 Å². The first-order valence-corrected chi connectivity index (χ1v) is 11.4. The summed E-state index contributed by atoms with van der Waals surface area (Å²) in [4.78, 5) is 56.0. The van der Waals surface area contributed by atoms with Gasteiger partial charge >= 0.3 is 0 Å². The van der Waals surface area contributed by atoms with E-state index in [2.05, 4.69) is 0 Å². The highest BCUT2D eigenvalue weighted by molar-refractivity contribution is 6.37. The third-order valence-electron chi connectivity index (χ3n) is 7.13. The van der Waals surface area contributed by atoms with Crippen molar-refractivity contribution in [1.82, 2.24) is 0 Å². The van der Waals surface area contributed by atoms with E-state index in [0.29, 0.717) is 10.6 Å². The second-order valence-electron chi connectivity index (χ2n) is 8.98. The molecule has 3 aliphatic rings. The lowest BCUT2D eigenvalue weighted by atomic mass is 9.77. The summed E-state index contributed by atoms with van der Waals surface area (Å²) in [6.45, 7) is 1.79. The predicted octanol–water partition coefficient (Wildman–Crippen LogP) is 4.48. The van der Waals surface area contributed by atoms with E-state index in [9.17, 15) is 23.6 Å². The standard InChI is InChI=1S/C27H17ClFNO5/c1-13-6-11-16(12-19(13)28)30-25(33)20-21(26(30)34)27(35-22(20)14-7-9-15(29)10-8-14)23(31)17-4-2-3-5-18(17)24(27)32/h2-12,20-22H,1H3/t20-,21+,22-/m1/s1. The second kappa shape index (κ2) is 7.41. The van der Waals surface area contributed by atoms with Gasteiger partial charge in [0.2, 0.25) is 29.0 Å². The zero-order chi connectivity index (χ0) is 24.6. The SMILES string of the molecule is Cc1ccc(N2C(=O)[C@H]3[C@@H](c4ccc(F)cc4)OC4(C(=O)c5ccccc5C4=O)[C@@H]3C2=O)cc1Cl. The second-order valence-corrected chi connectivity index (χ2v) is 9.39. The van der Waals surface area contributed by atoms with E-state index >= 15 is 0 Å². The molecule has 0 bridgehead atoms. The number of rotatable bonds is 2. The van der Waals surface area contributed by atoms with Crippen LogP contribution >= 0.6 is 11.6 Å². The smallest absolute Gasteiger partial charge is 0.241 e. The Morgan fingerprint density at radius 2 is 1.51 bits per heavy atom. The number of fused-ring (bicyclic) bond motifs is 3. The van der Waals surface area contributed by atoms with Crippen molar-refractivity contribution in [2.24, 2.45) is 11.8 Å². The number of benzene rings is 3. The maximum Gasteiger partial charge on any atom is 0.241 e. The van der Waals surface area contributed by atoms with Gasteiger partial charge in [-0.05, 0) is 42.3 Å². The molecule has 2 amide bonds. The molecule has 0 radical (unpaired) electrons. The first-order valence-electron chi connectivity index (χ1n) is 11.0. The van der Waals surface area contributed by atoms with Crippen LogP contribution in [0.15, 0.2) is 66.7 Å². The van der Waals surface area contributed by atoms with Gasteiger partial charge in [0.1, 0.15) is 5.82 Å². The van der Waals surface area contributed by atoms with Gasteiger partial charge in [0.05, 0.1) is 23.6 Å². The molecule has 0 aromatic heterocycles. The number of nitrogens with zero attached hydrogens (tertiary/aromatic N) is 1. The van der Waals surface area contributed by atoms with Crippen LogP contribution in [0.4, 0.5) is 10.1 Å². The molecule has 2 fully saturated rings. The highest BCUT2D eigenvalue weighted by atomic mass is 35.5. The van der Waals surface area contributed by atoms with E-state index in [1.165, 1.54) is 42.5 Å². The minimum absolute atomic E-state index is 0.146. The summed E-state index contributed by atoms with van der Waals surface area (Å²) in [6, 6.07) is 16.3. The molecule has 174 valence electrons. The molecule has 35 heavy (non-hydrogen) atoms. The molecule has 1 aliphatic carbocycles. The Balaban J connectivity index is 1.54. The molecular formula is C27H17ClFNO5. The van der Waals surface area contributed by atoms with Gasteiger partial charge in [-0.3, -0.25) is 19.2 Å². The fourth-order valence-corrected chi connectivity index (χ4v) is 5.62. The van der Waals surface area contributed by atoms with Crippen molar-refractivity contribution >= 4 is 40.7 Å². The Labute approximate surface area is 204 Å². The fourth-order valence-electron chi connectivity index (χ4n) is 5.45. The molecule has 0 saturated carbocycles. The molecule has 3 aromatic carbocycles. The Kier molecular flexibility index (Phi) is 4.62. The van der Waals surface area contributed by atoms with E-state index < -0.39 is 52.7 Å².